The molecule has 9 N–H and O–H groups in total. The van der Waals surface area contributed by atoms with Crippen LogP contribution in [0.15, 0.2) is 20.9 Å². The Morgan fingerprint density at radius 1 is 1.12 bits per heavy atom. The molecule has 1 amide bonds. The van der Waals surface area contributed by atoms with Crippen molar-refractivity contribution in [1.29, 1.82) is 0 Å². The fraction of sp³-hybridized carbons (Fsp3) is 0.706. The van der Waals surface area contributed by atoms with E-state index in [1.165, 1.54) is 0 Å². The van der Waals surface area contributed by atoms with Gasteiger partial charge in [-0.2, -0.15) is 4.31 Å². The fourth-order valence-corrected chi connectivity index (χ4v) is 6.08. The molecule has 25 heteroatoms. The average Bonchev–Trinajstić information content (AvgIpc) is 3.16. The van der Waals surface area contributed by atoms with Crippen LogP contribution in [0.5, 0.6) is 0 Å². The maximum atomic E-state index is 12.5. The summed E-state index contributed by atoms with van der Waals surface area (Å²) in [5, 5.41) is 55.2. The second kappa shape index (κ2) is 13.4. The number of amides is 1. The van der Waals surface area contributed by atoms with Crippen molar-refractivity contribution in [2.24, 2.45) is 5.11 Å². The number of aromatic amines is 1. The van der Waals surface area contributed by atoms with E-state index in [0.717, 1.165) is 6.92 Å². The van der Waals surface area contributed by atoms with Gasteiger partial charge in [0.2, 0.25) is 5.91 Å². The highest BCUT2D eigenvalue weighted by atomic mass is 31.3. The van der Waals surface area contributed by atoms with Gasteiger partial charge in [0.1, 0.15) is 48.4 Å². The molecular weight excluding hydrogens is 622 g/mol. The van der Waals surface area contributed by atoms with E-state index in [1.54, 1.807) is 4.98 Å². The van der Waals surface area contributed by atoms with Gasteiger partial charge in [0, 0.05) is 18.0 Å². The lowest BCUT2D eigenvalue weighted by atomic mass is 9.97. The molecule has 11 atom stereocenters. The summed E-state index contributed by atoms with van der Waals surface area (Å²) in [7, 11) is -11.3. The number of ether oxygens (including phenoxy) is 2. The van der Waals surface area contributed by atoms with Crippen molar-refractivity contribution in [1.82, 2.24) is 14.9 Å². The van der Waals surface area contributed by atoms with E-state index in [1.807, 2.05) is 0 Å². The van der Waals surface area contributed by atoms with Crippen LogP contribution in [0.25, 0.3) is 10.4 Å². The summed E-state index contributed by atoms with van der Waals surface area (Å²) >= 11 is 0. The number of rotatable bonds is 11. The molecule has 2 aliphatic heterocycles. The van der Waals surface area contributed by atoms with Gasteiger partial charge in [-0.25, -0.2) is 13.9 Å². The minimum absolute atomic E-state index is 0.546. The van der Waals surface area contributed by atoms with Gasteiger partial charge in [0.25, 0.3) is 5.56 Å². The number of nitrogens with zero attached hydrogens (tertiary/aromatic N) is 4. The van der Waals surface area contributed by atoms with E-state index in [2.05, 4.69) is 28.7 Å². The first-order chi connectivity index (χ1) is 19.5. The molecule has 3 heterocycles. The molecule has 23 nitrogen and oxygen atoms in total. The molecule has 2 unspecified atom stereocenters. The lowest BCUT2D eigenvalue weighted by molar-refractivity contribution is -0.247. The average molecular weight is 648 g/mol. The SMILES string of the molecule is CC(=O)N[C@H]1[C@H](OP(=O)(O)OP(=O)(O)OC[C@H]2O[C@@H](n3cc(N=[N+]=[N-])c(=O)[nH]c3=O)[C@H](O)[C@@H]2O)O[C@H](CO)[C@@H](O)[C@@H]1O. The van der Waals surface area contributed by atoms with E-state index in [-0.39, 0.29) is 0 Å². The highest BCUT2D eigenvalue weighted by Crippen LogP contribution is 2.61. The molecule has 0 bridgehead atoms. The topological polar surface area (TPSA) is 355 Å². The Bertz CT molecular complexity index is 1410. The van der Waals surface area contributed by atoms with Crippen molar-refractivity contribution in [2.45, 2.75) is 62.1 Å². The van der Waals surface area contributed by atoms with E-state index < -0.39 is 107 Å². The lowest BCUT2D eigenvalue weighted by Gasteiger charge is -2.42. The third-order valence-electron chi connectivity index (χ3n) is 5.81. The first kappa shape index (κ1) is 33.9. The minimum atomic E-state index is -5.68. The third kappa shape index (κ3) is 7.88. The number of carbonyl (C=O) groups excluding carboxylic acids is 1. The van der Waals surface area contributed by atoms with Gasteiger partial charge >= 0.3 is 21.3 Å². The Balaban J connectivity index is 1.69. The van der Waals surface area contributed by atoms with E-state index in [4.69, 9.17) is 15.0 Å². The van der Waals surface area contributed by atoms with Gasteiger partial charge in [-0.05, 0) is 5.53 Å². The lowest BCUT2D eigenvalue weighted by Crippen LogP contribution is -2.64. The van der Waals surface area contributed by atoms with Crippen LogP contribution in [0, 0.1) is 0 Å². The van der Waals surface area contributed by atoms with Crippen LogP contribution in [0.3, 0.4) is 0 Å². The summed E-state index contributed by atoms with van der Waals surface area (Å²) in [4.78, 5) is 59.5. The van der Waals surface area contributed by atoms with Crippen molar-refractivity contribution in [3.8, 4) is 0 Å². The van der Waals surface area contributed by atoms with Crippen molar-refractivity contribution in [2.75, 3.05) is 13.2 Å². The summed E-state index contributed by atoms with van der Waals surface area (Å²) in [6, 6.07) is -1.72. The summed E-state index contributed by atoms with van der Waals surface area (Å²) in [6.45, 7) is -1.06. The van der Waals surface area contributed by atoms with E-state index >= 15 is 0 Å². The van der Waals surface area contributed by atoms with Gasteiger partial charge in [-0.15, -0.1) is 0 Å². The monoisotopic (exact) mass is 648 g/mol. The number of phosphoric acid groups is 2. The number of phosphoric ester groups is 2. The van der Waals surface area contributed by atoms with Crippen molar-refractivity contribution >= 4 is 27.2 Å². The standard InChI is InChI=1S/C17H26N6O17P2/c1-5(25)19-9-12(28)10(26)7(3-24)38-16(9)39-42(34,35)40-41(32,33)36-4-8-11(27)13(29)15(37-8)23-2-6(21-22-18)14(30)20-17(23)31/h2,7-13,15-16,24,26-29H,3-4H2,1H3,(H,19,25)(H,32,33)(H,34,35)(H,20,30,31)/t7-,8-,9-,10-,11-,12-,13-,15-,16+/m1/s1. The number of aliphatic hydroxyl groups is 5. The number of hydrogen-bond acceptors (Lipinski definition) is 16. The number of carbonyl (C=O) groups is 1. The zero-order chi connectivity index (χ0) is 31.6. The highest BCUT2D eigenvalue weighted by molar-refractivity contribution is 7.61. The van der Waals surface area contributed by atoms with E-state index in [0.29, 0.717) is 10.8 Å². The molecule has 0 radical (unpaired) electrons. The predicted molar refractivity (Wildman–Crippen MR) is 129 cm³/mol. The molecule has 236 valence electrons. The van der Waals surface area contributed by atoms with Crippen molar-refractivity contribution in [3.05, 3.63) is 37.5 Å². The molecule has 2 fully saturated rings. The van der Waals surface area contributed by atoms with Crippen LogP contribution in [-0.2, 0) is 36.8 Å². The smallest absolute Gasteiger partial charge is 0.394 e. The molecular formula is C17H26N6O17P2. The number of aromatic nitrogens is 2. The quantitative estimate of drug-likeness (QED) is 0.0482. The molecule has 2 saturated heterocycles. The highest BCUT2D eigenvalue weighted by Gasteiger charge is 2.50. The number of aliphatic hydroxyl groups excluding tert-OH is 5. The Morgan fingerprint density at radius 3 is 2.36 bits per heavy atom. The number of nitrogens with one attached hydrogen (secondary N) is 2. The molecule has 0 aromatic carbocycles. The Kier molecular flexibility index (Phi) is 10.8. The van der Waals surface area contributed by atoms with Gasteiger partial charge in [-0.3, -0.25) is 28.2 Å². The fourth-order valence-electron chi connectivity index (χ4n) is 3.91. The van der Waals surface area contributed by atoms with Crippen LogP contribution >= 0.6 is 15.6 Å². The maximum Gasteiger partial charge on any atom is 0.483 e. The first-order valence-electron chi connectivity index (χ1n) is 11.5. The Labute approximate surface area is 232 Å². The van der Waals surface area contributed by atoms with Crippen LogP contribution in [0.4, 0.5) is 5.69 Å². The van der Waals surface area contributed by atoms with Crippen LogP contribution in [0.1, 0.15) is 13.2 Å². The third-order valence-corrected chi connectivity index (χ3v) is 8.41. The van der Waals surface area contributed by atoms with Crippen LogP contribution < -0.4 is 16.6 Å². The number of H-pyrrole nitrogens is 1. The zero-order valence-corrected chi connectivity index (χ0v) is 22.9. The molecule has 1 aromatic heterocycles. The maximum absolute atomic E-state index is 12.5. The largest absolute Gasteiger partial charge is 0.483 e. The molecule has 0 aliphatic carbocycles. The second-order valence-corrected chi connectivity index (χ2v) is 11.8. The summed E-state index contributed by atoms with van der Waals surface area (Å²) in [5.41, 5.74) is 5.69. The van der Waals surface area contributed by atoms with Crippen LogP contribution in [0.2, 0.25) is 0 Å². The van der Waals surface area contributed by atoms with E-state index in [9.17, 15) is 58.8 Å². The number of azide groups is 1. The zero-order valence-electron chi connectivity index (χ0n) is 21.1. The molecule has 0 saturated carbocycles. The van der Waals surface area contributed by atoms with Crippen molar-refractivity contribution in [3.63, 3.8) is 0 Å². The first-order valence-corrected chi connectivity index (χ1v) is 14.5. The van der Waals surface area contributed by atoms with Gasteiger partial charge in [-0.1, -0.05) is 5.11 Å². The van der Waals surface area contributed by atoms with Gasteiger partial charge in [0.15, 0.2) is 12.5 Å². The van der Waals surface area contributed by atoms with Crippen molar-refractivity contribution < 1.29 is 72.1 Å². The van der Waals surface area contributed by atoms with Gasteiger partial charge in [0.05, 0.1) is 13.2 Å². The Morgan fingerprint density at radius 2 is 1.76 bits per heavy atom. The molecule has 0 spiro atoms. The normalized spacial score (nSPS) is 34.1. The van der Waals surface area contributed by atoms with Crippen LogP contribution in [-0.4, -0.2) is 113 Å². The minimum Gasteiger partial charge on any atom is -0.394 e. The molecule has 1 aromatic rings. The molecule has 3 rings (SSSR count). The summed E-state index contributed by atoms with van der Waals surface area (Å²) in [5.74, 6) is -0.815. The summed E-state index contributed by atoms with van der Waals surface area (Å²) < 4.78 is 49.1. The molecule has 42 heavy (non-hydrogen) atoms. The number of hydrogen-bond donors (Lipinski definition) is 9. The second-order valence-electron chi connectivity index (χ2n) is 8.77. The molecule has 2 aliphatic rings. The Hall–Kier alpha value is -2.56. The summed E-state index contributed by atoms with van der Waals surface area (Å²) in [6.07, 6.45) is -13.9. The van der Waals surface area contributed by atoms with Gasteiger partial charge < -0.3 is 50.1 Å². The predicted octanol–water partition coefficient (Wildman–Crippen LogP) is -3.71.